The molecule has 1 aromatic rings. The zero-order chi connectivity index (χ0) is 14.6. The number of nitrogens with two attached hydrogens (primary N) is 1. The molecular weight excluding hydrogens is 340 g/mol. The second-order valence-corrected chi connectivity index (χ2v) is 8.00. The first-order chi connectivity index (χ1) is 9.49. The number of nitrogen functional groups attached to an aromatic ring is 1. The van der Waals surface area contributed by atoms with Crippen LogP contribution < -0.4 is 10.5 Å². The highest BCUT2D eigenvalue weighted by Gasteiger charge is 2.17. The highest BCUT2D eigenvalue weighted by Crippen LogP contribution is 2.28. The van der Waals surface area contributed by atoms with Crippen LogP contribution in [0.5, 0.6) is 0 Å². The normalized spacial score (nSPS) is 16.6. The van der Waals surface area contributed by atoms with Crippen LogP contribution in [0.2, 0.25) is 0 Å². The van der Waals surface area contributed by atoms with Gasteiger partial charge < -0.3 is 5.73 Å². The second kappa shape index (κ2) is 6.91. The summed E-state index contributed by atoms with van der Waals surface area (Å²) < 4.78 is 27.6. The molecule has 1 fully saturated rings. The van der Waals surface area contributed by atoms with Crippen molar-refractivity contribution in [3.05, 3.63) is 22.7 Å². The van der Waals surface area contributed by atoms with Crippen LogP contribution in [0.1, 0.15) is 38.5 Å². The summed E-state index contributed by atoms with van der Waals surface area (Å²) in [6.45, 7) is 0.495. The molecule has 0 radical (unpaired) electrons. The molecule has 0 heterocycles. The molecule has 0 unspecified atom stereocenters. The predicted molar refractivity (Wildman–Crippen MR) is 84.9 cm³/mol. The summed E-state index contributed by atoms with van der Waals surface area (Å²) in [6.07, 6.45) is 7.27. The zero-order valence-electron chi connectivity index (χ0n) is 11.4. The first-order valence-corrected chi connectivity index (χ1v) is 9.31. The van der Waals surface area contributed by atoms with E-state index in [4.69, 9.17) is 5.73 Å². The highest BCUT2D eigenvalue weighted by atomic mass is 79.9. The van der Waals surface area contributed by atoms with Gasteiger partial charge in [0.1, 0.15) is 0 Å². The van der Waals surface area contributed by atoms with Gasteiger partial charge in [-0.2, -0.15) is 0 Å². The van der Waals surface area contributed by atoms with Gasteiger partial charge in [-0.15, -0.1) is 0 Å². The van der Waals surface area contributed by atoms with Crippen molar-refractivity contribution in [3.63, 3.8) is 0 Å². The number of sulfonamides is 1. The Morgan fingerprint density at radius 1 is 1.30 bits per heavy atom. The third-order valence-electron chi connectivity index (χ3n) is 3.83. The van der Waals surface area contributed by atoms with E-state index in [9.17, 15) is 8.42 Å². The Kier molecular flexibility index (Phi) is 5.46. The number of rotatable bonds is 6. The average molecular weight is 361 g/mol. The fourth-order valence-corrected chi connectivity index (χ4v) is 4.02. The van der Waals surface area contributed by atoms with E-state index >= 15 is 0 Å². The van der Waals surface area contributed by atoms with E-state index in [-0.39, 0.29) is 4.90 Å². The van der Waals surface area contributed by atoms with Crippen LogP contribution in [0.4, 0.5) is 5.69 Å². The minimum absolute atomic E-state index is 0.221. The molecule has 1 saturated carbocycles. The van der Waals surface area contributed by atoms with Gasteiger partial charge in [0.2, 0.25) is 10.0 Å². The Bertz CT molecular complexity index is 554. The van der Waals surface area contributed by atoms with Gasteiger partial charge in [0.25, 0.3) is 0 Å². The monoisotopic (exact) mass is 360 g/mol. The van der Waals surface area contributed by atoms with Gasteiger partial charge in [0.15, 0.2) is 0 Å². The minimum Gasteiger partial charge on any atom is -0.398 e. The fourth-order valence-electron chi connectivity index (χ4n) is 2.67. The fraction of sp³-hybridized carbons (Fsp3) is 0.571. The summed E-state index contributed by atoms with van der Waals surface area (Å²) in [6, 6.07) is 4.69. The van der Waals surface area contributed by atoms with Crippen molar-refractivity contribution in [1.82, 2.24) is 4.72 Å². The van der Waals surface area contributed by atoms with Gasteiger partial charge in [0, 0.05) is 16.7 Å². The van der Waals surface area contributed by atoms with Crippen LogP contribution in [0, 0.1) is 5.92 Å². The van der Waals surface area contributed by atoms with Gasteiger partial charge in [-0.25, -0.2) is 13.1 Å². The van der Waals surface area contributed by atoms with E-state index in [1.807, 2.05) is 0 Å². The zero-order valence-corrected chi connectivity index (χ0v) is 13.8. The lowest BCUT2D eigenvalue weighted by Crippen LogP contribution is -2.25. The first-order valence-electron chi connectivity index (χ1n) is 7.04. The van der Waals surface area contributed by atoms with Gasteiger partial charge in [0.05, 0.1) is 4.90 Å². The molecule has 0 bridgehead atoms. The lowest BCUT2D eigenvalue weighted by molar-refractivity contribution is 0.480. The van der Waals surface area contributed by atoms with Crippen molar-refractivity contribution in [2.75, 3.05) is 12.3 Å². The number of nitrogens with one attached hydrogen (secondary N) is 1. The minimum atomic E-state index is -3.45. The van der Waals surface area contributed by atoms with Crippen molar-refractivity contribution in [3.8, 4) is 0 Å². The molecule has 1 aliphatic carbocycles. The van der Waals surface area contributed by atoms with E-state index in [1.54, 1.807) is 12.1 Å². The summed E-state index contributed by atoms with van der Waals surface area (Å²) >= 11 is 3.26. The molecule has 0 aromatic heterocycles. The molecule has 2 rings (SSSR count). The van der Waals surface area contributed by atoms with E-state index < -0.39 is 10.0 Å². The summed E-state index contributed by atoms with van der Waals surface area (Å²) in [5.74, 6) is 0.794. The largest absolute Gasteiger partial charge is 0.398 e. The molecule has 3 N–H and O–H groups in total. The second-order valence-electron chi connectivity index (χ2n) is 5.37. The Labute approximate surface area is 129 Å². The molecule has 4 nitrogen and oxygen atoms in total. The lowest BCUT2D eigenvalue weighted by Gasteiger charge is -2.10. The number of hydrogen-bond acceptors (Lipinski definition) is 3. The molecule has 0 atom stereocenters. The average Bonchev–Trinajstić information content (AvgIpc) is 2.91. The molecular formula is C14H21BrN2O2S. The Hall–Kier alpha value is -0.590. The van der Waals surface area contributed by atoms with Gasteiger partial charge in [-0.05, 0) is 52.9 Å². The van der Waals surface area contributed by atoms with Crippen LogP contribution in [0.15, 0.2) is 27.6 Å². The molecule has 6 heteroatoms. The molecule has 1 aliphatic rings. The van der Waals surface area contributed by atoms with Gasteiger partial charge in [-0.3, -0.25) is 0 Å². The van der Waals surface area contributed by atoms with Crippen molar-refractivity contribution in [2.45, 2.75) is 43.4 Å². The van der Waals surface area contributed by atoms with Gasteiger partial charge in [-0.1, -0.05) is 25.7 Å². The number of benzene rings is 1. The maximum Gasteiger partial charge on any atom is 0.240 e. The SMILES string of the molecule is Nc1cc(S(=O)(=O)NCCCC2CCCC2)ccc1Br. The van der Waals surface area contributed by atoms with Crippen LogP contribution >= 0.6 is 15.9 Å². The molecule has 1 aromatic carbocycles. The molecule has 0 aliphatic heterocycles. The van der Waals surface area contributed by atoms with Crippen LogP contribution in [-0.4, -0.2) is 15.0 Å². The van der Waals surface area contributed by atoms with E-state index in [2.05, 4.69) is 20.7 Å². The van der Waals surface area contributed by atoms with Gasteiger partial charge >= 0.3 is 0 Å². The standard InChI is InChI=1S/C14H21BrN2O2S/c15-13-8-7-12(10-14(13)16)20(18,19)17-9-3-6-11-4-1-2-5-11/h7-8,10-11,17H,1-6,9,16H2. The summed E-state index contributed by atoms with van der Waals surface area (Å²) in [4.78, 5) is 0.221. The quantitative estimate of drug-likeness (QED) is 0.603. The third-order valence-corrected chi connectivity index (χ3v) is 6.01. The van der Waals surface area contributed by atoms with E-state index in [1.165, 1.54) is 31.7 Å². The summed E-state index contributed by atoms with van der Waals surface area (Å²) in [5.41, 5.74) is 6.15. The van der Waals surface area contributed by atoms with Crippen LogP contribution in [0.25, 0.3) is 0 Å². The van der Waals surface area contributed by atoms with E-state index in [0.717, 1.165) is 18.8 Å². The Morgan fingerprint density at radius 3 is 2.65 bits per heavy atom. The molecule has 112 valence electrons. The first kappa shape index (κ1) is 15.8. The van der Waals surface area contributed by atoms with Crippen molar-refractivity contribution in [1.29, 1.82) is 0 Å². The van der Waals surface area contributed by atoms with Crippen molar-refractivity contribution in [2.24, 2.45) is 5.92 Å². The molecule has 0 spiro atoms. The highest BCUT2D eigenvalue weighted by molar-refractivity contribution is 9.10. The third kappa shape index (κ3) is 4.20. The molecule has 20 heavy (non-hydrogen) atoms. The maximum atomic E-state index is 12.1. The summed E-state index contributed by atoms with van der Waals surface area (Å²) in [5, 5.41) is 0. The Morgan fingerprint density at radius 2 is 2.00 bits per heavy atom. The number of anilines is 1. The Balaban J connectivity index is 1.85. The maximum absolute atomic E-state index is 12.1. The van der Waals surface area contributed by atoms with Crippen LogP contribution in [0.3, 0.4) is 0 Å². The number of halogens is 1. The van der Waals surface area contributed by atoms with E-state index in [0.29, 0.717) is 16.7 Å². The predicted octanol–water partition coefficient (Wildman–Crippen LogP) is 3.28. The van der Waals surface area contributed by atoms with Crippen molar-refractivity contribution < 1.29 is 8.42 Å². The smallest absolute Gasteiger partial charge is 0.240 e. The number of hydrogen-bond donors (Lipinski definition) is 2. The topological polar surface area (TPSA) is 72.2 Å². The lowest BCUT2D eigenvalue weighted by atomic mass is 10.0. The molecule has 0 saturated heterocycles. The van der Waals surface area contributed by atoms with Crippen molar-refractivity contribution >= 4 is 31.6 Å². The van der Waals surface area contributed by atoms with Crippen LogP contribution in [-0.2, 0) is 10.0 Å². The summed E-state index contributed by atoms with van der Waals surface area (Å²) in [7, 11) is -3.45. The molecule has 0 amide bonds.